The number of carbonyl (C=O) groups is 1. The normalized spacial score (nSPS) is 29.8. The van der Waals surface area contributed by atoms with Crippen molar-refractivity contribution in [2.75, 3.05) is 6.61 Å². The van der Waals surface area contributed by atoms with Crippen molar-refractivity contribution in [2.24, 2.45) is 5.11 Å². The van der Waals surface area contributed by atoms with Gasteiger partial charge in [0.1, 0.15) is 24.4 Å². The molecule has 5 atom stereocenters. The molecule has 0 unspecified atom stereocenters. The molecule has 2 bridgehead atoms. The quantitative estimate of drug-likeness (QED) is 0.176. The zero-order valence-corrected chi connectivity index (χ0v) is 14.5. The fourth-order valence-electron chi connectivity index (χ4n) is 2.75. The van der Waals surface area contributed by atoms with Gasteiger partial charge in [-0.1, -0.05) is 23.3 Å². The van der Waals surface area contributed by atoms with Crippen LogP contribution in [0.4, 0.5) is 13.2 Å². The van der Waals surface area contributed by atoms with Gasteiger partial charge in [-0.3, -0.25) is 4.18 Å². The summed E-state index contributed by atoms with van der Waals surface area (Å²) in [5.41, 5.74) is 3.05. The molecule has 0 N–H and O–H groups in total. The number of nitrogens with zero attached hydrogens (tertiary/aromatic N) is 3. The second-order valence-electron chi connectivity index (χ2n) is 5.77. The summed E-state index contributed by atoms with van der Waals surface area (Å²) >= 11 is 0. The highest BCUT2D eigenvalue weighted by Crippen LogP contribution is 2.37. The molecule has 10 nitrogen and oxygen atoms in total. The Morgan fingerprint density at radius 1 is 1.25 bits per heavy atom. The van der Waals surface area contributed by atoms with Gasteiger partial charge >= 0.3 is 21.6 Å². The Hall–Kier alpha value is -2.38. The standard InChI is InChI=1S/C14H12F3N3O7S/c15-14(16,17)28(22,23)27-10-8-6-24-13(25-8)9(19-20-18)11(10)26-12(21)7-4-2-1-3-5-7/h1-5,8-11,13H,6H2/t8-,9-,10+,11-,13-/m1/s1. The van der Waals surface area contributed by atoms with Gasteiger partial charge in [0.05, 0.1) is 12.2 Å². The van der Waals surface area contributed by atoms with Crippen molar-refractivity contribution in [3.8, 4) is 0 Å². The van der Waals surface area contributed by atoms with Crippen LogP contribution in [0.2, 0.25) is 0 Å². The molecule has 2 aliphatic rings. The molecule has 3 rings (SSSR count). The van der Waals surface area contributed by atoms with E-state index in [1.807, 2.05) is 0 Å². The maximum absolute atomic E-state index is 12.8. The second-order valence-corrected chi connectivity index (χ2v) is 7.33. The highest BCUT2D eigenvalue weighted by atomic mass is 32.2. The van der Waals surface area contributed by atoms with Gasteiger partial charge in [0.2, 0.25) is 0 Å². The molecule has 28 heavy (non-hydrogen) atoms. The first-order chi connectivity index (χ1) is 13.1. The van der Waals surface area contributed by atoms with E-state index in [9.17, 15) is 26.4 Å². The van der Waals surface area contributed by atoms with Crippen LogP contribution in [0.15, 0.2) is 35.4 Å². The first-order valence-electron chi connectivity index (χ1n) is 7.71. The molecule has 0 spiro atoms. The van der Waals surface area contributed by atoms with E-state index < -0.39 is 52.2 Å². The van der Waals surface area contributed by atoms with E-state index in [0.29, 0.717) is 0 Å². The zero-order chi connectivity index (χ0) is 20.5. The van der Waals surface area contributed by atoms with Gasteiger partial charge in [-0.25, -0.2) is 4.79 Å². The van der Waals surface area contributed by atoms with Crippen LogP contribution in [0.3, 0.4) is 0 Å². The number of alkyl halides is 3. The van der Waals surface area contributed by atoms with Crippen LogP contribution in [0, 0.1) is 0 Å². The summed E-state index contributed by atoms with van der Waals surface area (Å²) in [6, 6.07) is 5.92. The van der Waals surface area contributed by atoms with Crippen molar-refractivity contribution in [2.45, 2.75) is 36.2 Å². The molecule has 1 aromatic rings. The average Bonchev–Trinajstić information content (AvgIpc) is 3.07. The summed E-state index contributed by atoms with van der Waals surface area (Å²) < 4.78 is 81.0. The molecule has 2 saturated heterocycles. The third-order valence-electron chi connectivity index (χ3n) is 4.00. The van der Waals surface area contributed by atoms with Gasteiger partial charge in [-0.2, -0.15) is 21.6 Å². The number of azide groups is 1. The number of fused-ring (bicyclic) bond motifs is 2. The Bertz CT molecular complexity index is 889. The minimum atomic E-state index is -6.06. The SMILES string of the molecule is [N-]=[N+]=N[C@H]1[C@@H]2OC[C@@H](O2)[C@H](OS(=O)(=O)C(F)(F)F)[C@@H]1OC(=O)c1ccccc1. The van der Waals surface area contributed by atoms with Crippen LogP contribution in [0.5, 0.6) is 0 Å². The molecule has 0 amide bonds. The van der Waals surface area contributed by atoms with E-state index in [0.717, 1.165) is 0 Å². The van der Waals surface area contributed by atoms with E-state index in [1.54, 1.807) is 6.07 Å². The Labute approximate surface area is 155 Å². The Morgan fingerprint density at radius 2 is 1.93 bits per heavy atom. The van der Waals surface area contributed by atoms with Gasteiger partial charge in [0.15, 0.2) is 6.29 Å². The van der Waals surface area contributed by atoms with Crippen LogP contribution >= 0.6 is 0 Å². The fraction of sp³-hybridized carbons (Fsp3) is 0.500. The highest BCUT2D eigenvalue weighted by Gasteiger charge is 2.58. The van der Waals surface area contributed by atoms with Crippen molar-refractivity contribution in [1.82, 2.24) is 0 Å². The van der Waals surface area contributed by atoms with E-state index in [4.69, 9.17) is 19.7 Å². The minimum Gasteiger partial charge on any atom is -0.455 e. The van der Waals surface area contributed by atoms with E-state index in [1.165, 1.54) is 24.3 Å². The molecular weight excluding hydrogens is 411 g/mol. The molecule has 2 heterocycles. The van der Waals surface area contributed by atoms with Crippen LogP contribution in [0.1, 0.15) is 10.4 Å². The second kappa shape index (κ2) is 7.56. The largest absolute Gasteiger partial charge is 0.523 e. The summed E-state index contributed by atoms with van der Waals surface area (Å²) in [6.45, 7) is -0.348. The van der Waals surface area contributed by atoms with E-state index >= 15 is 0 Å². The number of hydrogen-bond acceptors (Lipinski definition) is 8. The number of carbonyl (C=O) groups excluding carboxylic acids is 1. The smallest absolute Gasteiger partial charge is 0.455 e. The zero-order valence-electron chi connectivity index (χ0n) is 13.7. The third kappa shape index (κ3) is 3.91. The summed E-state index contributed by atoms with van der Waals surface area (Å²) in [7, 11) is -6.06. The van der Waals surface area contributed by atoms with Crippen LogP contribution in [0.25, 0.3) is 10.4 Å². The van der Waals surface area contributed by atoms with Crippen LogP contribution < -0.4 is 0 Å². The van der Waals surface area contributed by atoms with E-state index in [-0.39, 0.29) is 12.2 Å². The number of rotatable bonds is 5. The topological polar surface area (TPSA) is 137 Å². The van der Waals surface area contributed by atoms with Crippen molar-refractivity contribution in [3.05, 3.63) is 46.3 Å². The van der Waals surface area contributed by atoms with Crippen molar-refractivity contribution >= 4 is 16.1 Å². The van der Waals surface area contributed by atoms with Gasteiger partial charge in [-0.05, 0) is 17.7 Å². The summed E-state index contributed by atoms with van der Waals surface area (Å²) in [6.07, 6.45) is -6.16. The molecule has 14 heteroatoms. The van der Waals surface area contributed by atoms with Crippen LogP contribution in [-0.2, 0) is 28.5 Å². The van der Waals surface area contributed by atoms with Crippen LogP contribution in [-0.4, -0.2) is 57.1 Å². The van der Waals surface area contributed by atoms with Gasteiger partial charge in [0.25, 0.3) is 0 Å². The highest BCUT2D eigenvalue weighted by molar-refractivity contribution is 7.87. The lowest BCUT2D eigenvalue weighted by molar-refractivity contribution is -0.174. The predicted molar refractivity (Wildman–Crippen MR) is 83.0 cm³/mol. The van der Waals surface area contributed by atoms with Gasteiger partial charge < -0.3 is 14.2 Å². The first kappa shape index (κ1) is 20.4. The lowest BCUT2D eigenvalue weighted by Crippen LogP contribution is -2.57. The number of hydrogen-bond donors (Lipinski definition) is 0. The molecule has 0 saturated carbocycles. The Kier molecular flexibility index (Phi) is 5.50. The molecule has 152 valence electrons. The predicted octanol–water partition coefficient (Wildman–Crippen LogP) is 1.88. The van der Waals surface area contributed by atoms with Crippen molar-refractivity contribution < 1.29 is 44.8 Å². The minimum absolute atomic E-state index is 0.0411. The number of ether oxygens (including phenoxy) is 3. The molecule has 0 aliphatic carbocycles. The maximum Gasteiger partial charge on any atom is 0.523 e. The first-order valence-corrected chi connectivity index (χ1v) is 9.12. The fourth-order valence-corrected chi connectivity index (χ4v) is 3.39. The summed E-state index contributed by atoms with van der Waals surface area (Å²) in [5, 5.41) is 3.33. The third-order valence-corrected chi connectivity index (χ3v) is 5.04. The molecule has 2 aliphatic heterocycles. The molecule has 0 aromatic heterocycles. The monoisotopic (exact) mass is 423 g/mol. The maximum atomic E-state index is 12.8. The summed E-state index contributed by atoms with van der Waals surface area (Å²) in [5.74, 6) is -0.983. The van der Waals surface area contributed by atoms with Crippen molar-refractivity contribution in [1.29, 1.82) is 0 Å². The number of esters is 1. The molecule has 1 aromatic carbocycles. The van der Waals surface area contributed by atoms with Gasteiger partial charge in [-0.15, -0.1) is 0 Å². The van der Waals surface area contributed by atoms with Crippen molar-refractivity contribution in [3.63, 3.8) is 0 Å². The van der Waals surface area contributed by atoms with Gasteiger partial charge in [0, 0.05) is 4.91 Å². The lowest BCUT2D eigenvalue weighted by Gasteiger charge is -2.37. The molecule has 0 radical (unpaired) electrons. The number of benzene rings is 1. The Morgan fingerprint density at radius 3 is 2.54 bits per heavy atom. The molecular formula is C14H12F3N3O7S. The Balaban J connectivity index is 1.94. The average molecular weight is 423 g/mol. The van der Waals surface area contributed by atoms with E-state index in [2.05, 4.69) is 14.2 Å². The summed E-state index contributed by atoms with van der Waals surface area (Å²) in [4.78, 5) is 14.9. The molecule has 2 fully saturated rings. The number of halogens is 3. The lowest BCUT2D eigenvalue weighted by atomic mass is 9.99.